The van der Waals surface area contributed by atoms with Crippen LogP contribution in [-0.2, 0) is 4.79 Å². The summed E-state index contributed by atoms with van der Waals surface area (Å²) in [5.41, 5.74) is 6.11. The summed E-state index contributed by atoms with van der Waals surface area (Å²) in [6.45, 7) is 11.0. The average molecular weight is 240 g/mol. The van der Waals surface area contributed by atoms with Crippen molar-refractivity contribution in [1.29, 1.82) is 0 Å². The van der Waals surface area contributed by atoms with Gasteiger partial charge >= 0.3 is 0 Å². The lowest BCUT2D eigenvalue weighted by molar-refractivity contribution is -0.136. The van der Waals surface area contributed by atoms with E-state index in [1.165, 1.54) is 6.42 Å². The van der Waals surface area contributed by atoms with Gasteiger partial charge in [0.15, 0.2) is 0 Å². The Hall–Kier alpha value is -0.570. The molecule has 17 heavy (non-hydrogen) atoms. The SMILES string of the molecule is CC(C)C(CN)C(=O)N1CCCC(C)(C)CC1. The minimum atomic E-state index is -0.00351. The smallest absolute Gasteiger partial charge is 0.227 e. The van der Waals surface area contributed by atoms with Crippen LogP contribution in [0.15, 0.2) is 0 Å². The third-order valence-corrected chi connectivity index (χ3v) is 4.03. The average Bonchev–Trinajstić information content (AvgIpc) is 2.39. The Morgan fingerprint density at radius 2 is 1.94 bits per heavy atom. The normalized spacial score (nSPS) is 22.4. The van der Waals surface area contributed by atoms with Crippen molar-refractivity contribution in [2.24, 2.45) is 23.0 Å². The first kappa shape index (κ1) is 14.5. The zero-order chi connectivity index (χ0) is 13.1. The number of nitrogens with two attached hydrogens (primary N) is 1. The van der Waals surface area contributed by atoms with Gasteiger partial charge in [0, 0.05) is 19.6 Å². The third kappa shape index (κ3) is 3.98. The molecule has 0 aromatic rings. The fraction of sp³-hybridized carbons (Fsp3) is 0.929. The summed E-state index contributed by atoms with van der Waals surface area (Å²) >= 11 is 0. The van der Waals surface area contributed by atoms with Crippen LogP contribution in [0.4, 0.5) is 0 Å². The molecule has 0 saturated carbocycles. The fourth-order valence-corrected chi connectivity index (χ4v) is 2.54. The summed E-state index contributed by atoms with van der Waals surface area (Å²) in [7, 11) is 0. The van der Waals surface area contributed by atoms with Crippen molar-refractivity contribution in [3.8, 4) is 0 Å². The van der Waals surface area contributed by atoms with Crippen LogP contribution in [0.1, 0.15) is 47.0 Å². The van der Waals surface area contributed by atoms with E-state index >= 15 is 0 Å². The van der Waals surface area contributed by atoms with E-state index < -0.39 is 0 Å². The molecule has 0 bridgehead atoms. The molecule has 1 atom stereocenters. The van der Waals surface area contributed by atoms with Crippen molar-refractivity contribution >= 4 is 5.91 Å². The Balaban J connectivity index is 2.63. The van der Waals surface area contributed by atoms with E-state index in [0.717, 1.165) is 25.9 Å². The van der Waals surface area contributed by atoms with E-state index in [0.29, 0.717) is 17.9 Å². The van der Waals surface area contributed by atoms with Crippen molar-refractivity contribution < 1.29 is 4.79 Å². The second kappa shape index (κ2) is 5.85. The van der Waals surface area contributed by atoms with Crippen LogP contribution in [-0.4, -0.2) is 30.4 Å². The molecule has 0 aromatic carbocycles. The molecule has 1 heterocycles. The number of nitrogens with zero attached hydrogens (tertiary/aromatic N) is 1. The number of hydrogen-bond acceptors (Lipinski definition) is 2. The van der Waals surface area contributed by atoms with Gasteiger partial charge in [-0.15, -0.1) is 0 Å². The second-order valence-electron chi connectivity index (χ2n) is 6.43. The maximum Gasteiger partial charge on any atom is 0.227 e. The van der Waals surface area contributed by atoms with E-state index in [1.54, 1.807) is 0 Å². The van der Waals surface area contributed by atoms with Gasteiger partial charge in [-0.1, -0.05) is 27.7 Å². The number of carbonyl (C=O) groups excluding carboxylic acids is 1. The summed E-state index contributed by atoms with van der Waals surface area (Å²) in [5, 5.41) is 0. The Bertz CT molecular complexity index is 261. The van der Waals surface area contributed by atoms with Crippen LogP contribution in [0, 0.1) is 17.3 Å². The first-order valence-electron chi connectivity index (χ1n) is 6.86. The summed E-state index contributed by atoms with van der Waals surface area (Å²) in [6.07, 6.45) is 3.44. The Morgan fingerprint density at radius 1 is 1.29 bits per heavy atom. The van der Waals surface area contributed by atoms with E-state index in [2.05, 4.69) is 27.7 Å². The van der Waals surface area contributed by atoms with Crippen LogP contribution in [0.25, 0.3) is 0 Å². The molecule has 1 rings (SSSR count). The molecule has 100 valence electrons. The topological polar surface area (TPSA) is 46.3 Å². The molecular formula is C14H28N2O. The second-order valence-corrected chi connectivity index (χ2v) is 6.43. The number of hydrogen-bond donors (Lipinski definition) is 1. The number of amides is 1. The van der Waals surface area contributed by atoms with Crippen LogP contribution in [0.3, 0.4) is 0 Å². The maximum atomic E-state index is 12.4. The summed E-state index contributed by atoms with van der Waals surface area (Å²) in [6, 6.07) is 0. The van der Waals surface area contributed by atoms with Crippen molar-refractivity contribution in [1.82, 2.24) is 4.90 Å². The van der Waals surface area contributed by atoms with Crippen molar-refractivity contribution in [2.75, 3.05) is 19.6 Å². The lowest BCUT2D eigenvalue weighted by Gasteiger charge is -2.28. The minimum Gasteiger partial charge on any atom is -0.342 e. The van der Waals surface area contributed by atoms with Gasteiger partial charge in [0.1, 0.15) is 0 Å². The highest BCUT2D eigenvalue weighted by atomic mass is 16.2. The lowest BCUT2D eigenvalue weighted by atomic mass is 9.85. The molecule has 3 nitrogen and oxygen atoms in total. The predicted octanol–water partition coefficient (Wildman–Crippen LogP) is 2.26. The van der Waals surface area contributed by atoms with Crippen LogP contribution in [0.5, 0.6) is 0 Å². The quantitative estimate of drug-likeness (QED) is 0.822. The molecular weight excluding hydrogens is 212 g/mol. The molecule has 2 N–H and O–H groups in total. The highest BCUT2D eigenvalue weighted by Crippen LogP contribution is 2.30. The Kier molecular flexibility index (Phi) is 4.99. The summed E-state index contributed by atoms with van der Waals surface area (Å²) in [5.74, 6) is 0.597. The van der Waals surface area contributed by atoms with E-state index in [-0.39, 0.29) is 11.8 Å². The fourth-order valence-electron chi connectivity index (χ4n) is 2.54. The first-order valence-corrected chi connectivity index (χ1v) is 6.86. The molecule has 1 aliphatic heterocycles. The molecule has 1 amide bonds. The van der Waals surface area contributed by atoms with Crippen molar-refractivity contribution in [3.05, 3.63) is 0 Å². The molecule has 3 heteroatoms. The van der Waals surface area contributed by atoms with E-state index in [1.807, 2.05) is 4.90 Å². The standard InChI is InChI=1S/C14H28N2O/c1-11(2)12(10-15)13(17)16-8-5-6-14(3,4)7-9-16/h11-12H,5-10,15H2,1-4H3. The molecule has 1 fully saturated rings. The van der Waals surface area contributed by atoms with E-state index in [4.69, 9.17) is 5.73 Å². The molecule has 0 spiro atoms. The molecule has 0 aliphatic carbocycles. The van der Waals surface area contributed by atoms with Gasteiger partial charge in [-0.2, -0.15) is 0 Å². The predicted molar refractivity (Wildman–Crippen MR) is 71.6 cm³/mol. The largest absolute Gasteiger partial charge is 0.342 e. The summed E-state index contributed by atoms with van der Waals surface area (Å²) < 4.78 is 0. The Morgan fingerprint density at radius 3 is 2.47 bits per heavy atom. The molecule has 1 saturated heterocycles. The van der Waals surface area contributed by atoms with Gasteiger partial charge < -0.3 is 10.6 Å². The zero-order valence-corrected chi connectivity index (χ0v) is 11.8. The van der Waals surface area contributed by atoms with Gasteiger partial charge in [0.25, 0.3) is 0 Å². The maximum absolute atomic E-state index is 12.4. The first-order chi connectivity index (χ1) is 7.87. The van der Waals surface area contributed by atoms with Gasteiger partial charge in [-0.3, -0.25) is 4.79 Å². The highest BCUT2D eigenvalue weighted by molar-refractivity contribution is 5.79. The monoisotopic (exact) mass is 240 g/mol. The minimum absolute atomic E-state index is 0.00351. The van der Waals surface area contributed by atoms with Gasteiger partial charge in [0.2, 0.25) is 5.91 Å². The van der Waals surface area contributed by atoms with Crippen molar-refractivity contribution in [3.63, 3.8) is 0 Å². The van der Waals surface area contributed by atoms with E-state index in [9.17, 15) is 4.79 Å². The Labute approximate surface area is 106 Å². The van der Waals surface area contributed by atoms with Crippen molar-refractivity contribution in [2.45, 2.75) is 47.0 Å². The molecule has 0 aromatic heterocycles. The number of carbonyl (C=O) groups is 1. The lowest BCUT2D eigenvalue weighted by Crippen LogP contribution is -2.42. The van der Waals surface area contributed by atoms with Crippen LogP contribution < -0.4 is 5.73 Å². The van der Waals surface area contributed by atoms with Gasteiger partial charge in [-0.05, 0) is 30.6 Å². The third-order valence-electron chi connectivity index (χ3n) is 4.03. The van der Waals surface area contributed by atoms with Gasteiger partial charge in [-0.25, -0.2) is 0 Å². The zero-order valence-electron chi connectivity index (χ0n) is 11.8. The number of rotatable bonds is 3. The molecule has 1 unspecified atom stereocenters. The highest BCUT2D eigenvalue weighted by Gasteiger charge is 2.29. The summed E-state index contributed by atoms with van der Waals surface area (Å²) in [4.78, 5) is 14.4. The molecule has 1 aliphatic rings. The van der Waals surface area contributed by atoms with Crippen LogP contribution >= 0.6 is 0 Å². The van der Waals surface area contributed by atoms with Gasteiger partial charge in [0.05, 0.1) is 5.92 Å². The molecule has 0 radical (unpaired) electrons. The van der Waals surface area contributed by atoms with Crippen LogP contribution in [0.2, 0.25) is 0 Å². The number of likely N-dealkylation sites (tertiary alicyclic amines) is 1.